The summed E-state index contributed by atoms with van der Waals surface area (Å²) in [5, 5.41) is 3.21. The van der Waals surface area contributed by atoms with Gasteiger partial charge < -0.3 is 8.23 Å². The molecule has 37 heavy (non-hydrogen) atoms. The summed E-state index contributed by atoms with van der Waals surface area (Å²) in [5.74, 6) is 3.43. The highest BCUT2D eigenvalue weighted by atomic mass is 127. The molecule has 3 atom stereocenters. The molecule has 6 heteroatoms. The third kappa shape index (κ3) is 6.60. The number of rotatable bonds is 7. The van der Waals surface area contributed by atoms with Gasteiger partial charge in [-0.3, -0.25) is 0 Å². The van der Waals surface area contributed by atoms with Crippen LogP contribution in [0.3, 0.4) is 0 Å². The number of halogens is 1. The van der Waals surface area contributed by atoms with Gasteiger partial charge >= 0.3 is 8.56 Å². The molecule has 0 fully saturated rings. The Morgan fingerprint density at radius 1 is 0.622 bits per heavy atom. The van der Waals surface area contributed by atoms with Crippen molar-refractivity contribution in [3.05, 3.63) is 124 Å². The van der Waals surface area contributed by atoms with Gasteiger partial charge in [0.2, 0.25) is 0 Å². The van der Waals surface area contributed by atoms with Crippen molar-refractivity contribution in [1.29, 1.82) is 0 Å². The van der Waals surface area contributed by atoms with Crippen LogP contribution in [0.5, 0.6) is 0 Å². The number of hydrogen-bond donors (Lipinski definition) is 0. The Morgan fingerprint density at radius 2 is 1.11 bits per heavy atom. The molecule has 4 aromatic rings. The lowest BCUT2D eigenvalue weighted by Crippen LogP contribution is -2.67. The van der Waals surface area contributed by atoms with E-state index in [0.29, 0.717) is 0 Å². The molecule has 4 rings (SSSR count). The molecule has 0 spiro atoms. The third-order valence-electron chi connectivity index (χ3n) is 6.29. The fraction of sp³-hybridized carbons (Fsp3) is 0.0968. The molecule has 0 N–H and O–H groups in total. The second-order valence-electron chi connectivity index (χ2n) is 9.22. The first-order chi connectivity index (χ1) is 17.8. The van der Waals surface area contributed by atoms with Gasteiger partial charge in [0, 0.05) is 9.13 Å². The van der Waals surface area contributed by atoms with Crippen LogP contribution in [0.25, 0.3) is 0 Å². The number of hydrogen-bond acceptors (Lipinski definition) is 2. The Hall–Kier alpha value is -2.70. The van der Waals surface area contributed by atoms with Gasteiger partial charge in [-0.05, 0) is 76.0 Å². The van der Waals surface area contributed by atoms with Gasteiger partial charge in [-0.2, -0.15) is 0 Å². The first-order valence-electron chi connectivity index (χ1n) is 12.1. The average Bonchev–Trinajstić information content (AvgIpc) is 2.93. The minimum absolute atomic E-state index is 0.973. The van der Waals surface area contributed by atoms with Gasteiger partial charge in [0.1, 0.15) is 0 Å². The molecule has 2 nitrogen and oxygen atoms in total. The van der Waals surface area contributed by atoms with E-state index in [9.17, 15) is 0 Å². The van der Waals surface area contributed by atoms with Crippen LogP contribution < -0.4 is 15.6 Å². The van der Waals surface area contributed by atoms with Gasteiger partial charge in [0.05, 0.1) is 0 Å². The van der Waals surface area contributed by atoms with Crippen molar-refractivity contribution in [3.8, 4) is 23.4 Å². The lowest BCUT2D eigenvalue weighted by atomic mass is 10.2. The largest absolute Gasteiger partial charge is 0.420 e. The molecule has 0 bridgehead atoms. The molecule has 0 amide bonds. The minimum Gasteiger partial charge on any atom is -0.420 e. The Labute approximate surface area is 237 Å². The molecule has 0 saturated heterocycles. The number of terminal acetylenes is 1. The highest BCUT2D eigenvalue weighted by Crippen LogP contribution is 2.21. The van der Waals surface area contributed by atoms with Crippen molar-refractivity contribution in [1.82, 2.24) is 0 Å². The highest BCUT2D eigenvalue weighted by molar-refractivity contribution is 14.1. The van der Waals surface area contributed by atoms with Gasteiger partial charge in [0.25, 0.3) is 16.6 Å². The molecule has 0 aliphatic rings. The molecule has 0 aromatic heterocycles. The summed E-state index contributed by atoms with van der Waals surface area (Å²) in [6.45, 7) is 6.37. The lowest BCUT2D eigenvalue weighted by molar-refractivity contribution is 0.417. The van der Waals surface area contributed by atoms with Crippen LogP contribution in [0.4, 0.5) is 0 Å². The standard InChI is InChI=1S/C31H29IO2Si3/c1-5-35(2,29-18-9-6-10-19-29)33-37(4,31-22-13-8-14-23-31)34-36(3,30-20-11-7-12-21-30)25-24-27-16-15-17-28(32)26-27/h1,6-23,26H,2-4H3. The van der Waals surface area contributed by atoms with Crippen molar-refractivity contribution in [3.63, 3.8) is 0 Å². The first kappa shape index (κ1) is 27.3. The van der Waals surface area contributed by atoms with Crippen molar-refractivity contribution < 1.29 is 8.23 Å². The SMILES string of the molecule is C#C[Si](C)(O[Si](C)(O[Si](C)(C#Cc1cccc(I)c1)c1ccccc1)c1ccccc1)c1ccccc1. The van der Waals surface area contributed by atoms with E-state index in [1.54, 1.807) is 0 Å². The maximum atomic E-state index is 7.29. The zero-order chi connectivity index (χ0) is 26.4. The fourth-order valence-electron chi connectivity index (χ4n) is 4.26. The molecule has 4 aromatic carbocycles. The van der Waals surface area contributed by atoms with Gasteiger partial charge in [-0.15, -0.1) is 6.42 Å². The van der Waals surface area contributed by atoms with E-state index in [1.165, 1.54) is 0 Å². The van der Waals surface area contributed by atoms with Gasteiger partial charge in [0.15, 0.2) is 0 Å². The van der Waals surface area contributed by atoms with Crippen LogP contribution in [0, 0.1) is 27.0 Å². The van der Waals surface area contributed by atoms with Crippen molar-refractivity contribution in [2.75, 3.05) is 0 Å². The second kappa shape index (κ2) is 11.8. The van der Waals surface area contributed by atoms with Crippen molar-refractivity contribution >= 4 is 63.3 Å². The quantitative estimate of drug-likeness (QED) is 0.154. The Bertz CT molecular complexity index is 1450. The van der Waals surface area contributed by atoms with E-state index in [-0.39, 0.29) is 0 Å². The number of benzene rings is 4. The van der Waals surface area contributed by atoms with E-state index < -0.39 is 25.2 Å². The lowest BCUT2D eigenvalue weighted by Gasteiger charge is -2.39. The summed E-state index contributed by atoms with van der Waals surface area (Å²) in [6, 6.07) is 39.0. The van der Waals surface area contributed by atoms with Crippen LogP contribution in [-0.2, 0) is 8.23 Å². The summed E-state index contributed by atoms with van der Waals surface area (Å²) in [5.41, 5.74) is 7.64. The zero-order valence-corrected chi connectivity index (χ0v) is 26.4. The maximum Gasteiger partial charge on any atom is 0.350 e. The van der Waals surface area contributed by atoms with Crippen molar-refractivity contribution in [2.24, 2.45) is 0 Å². The Morgan fingerprint density at radius 3 is 1.62 bits per heavy atom. The molecule has 0 saturated carbocycles. The van der Waals surface area contributed by atoms with E-state index in [2.05, 4.69) is 108 Å². The smallest absolute Gasteiger partial charge is 0.350 e. The average molecular weight is 645 g/mol. The van der Waals surface area contributed by atoms with Gasteiger partial charge in [-0.1, -0.05) is 114 Å². The van der Waals surface area contributed by atoms with E-state index in [1.807, 2.05) is 66.7 Å². The molecular weight excluding hydrogens is 616 g/mol. The molecule has 3 unspecified atom stereocenters. The topological polar surface area (TPSA) is 18.5 Å². The van der Waals surface area contributed by atoms with E-state index in [4.69, 9.17) is 14.7 Å². The van der Waals surface area contributed by atoms with E-state index >= 15 is 0 Å². The minimum atomic E-state index is -3.06. The summed E-state index contributed by atoms with van der Waals surface area (Å²) in [7, 11) is -8.66. The van der Waals surface area contributed by atoms with Crippen LogP contribution in [-0.4, -0.2) is 25.2 Å². The highest BCUT2D eigenvalue weighted by Gasteiger charge is 2.48. The zero-order valence-electron chi connectivity index (χ0n) is 21.2. The molecule has 184 valence electrons. The van der Waals surface area contributed by atoms with Crippen LogP contribution in [0.1, 0.15) is 5.56 Å². The van der Waals surface area contributed by atoms with Crippen molar-refractivity contribution in [2.45, 2.75) is 19.6 Å². The summed E-state index contributed by atoms with van der Waals surface area (Å²) in [4.78, 5) is 0. The third-order valence-corrected chi connectivity index (χ3v) is 18.7. The Kier molecular flexibility index (Phi) is 8.71. The van der Waals surface area contributed by atoms with Crippen LogP contribution in [0.2, 0.25) is 19.6 Å². The molecule has 0 aliphatic carbocycles. The van der Waals surface area contributed by atoms with Crippen LogP contribution in [0.15, 0.2) is 115 Å². The summed E-state index contributed by atoms with van der Waals surface area (Å²) < 4.78 is 15.6. The Balaban J connectivity index is 1.84. The fourth-order valence-corrected chi connectivity index (χ4v) is 17.0. The predicted molar refractivity (Wildman–Crippen MR) is 170 cm³/mol. The normalized spacial score (nSPS) is 15.6. The van der Waals surface area contributed by atoms with E-state index in [0.717, 1.165) is 24.7 Å². The molecular formula is C31H29IO2Si3. The monoisotopic (exact) mass is 644 g/mol. The summed E-state index contributed by atoms with van der Waals surface area (Å²) >= 11 is 2.32. The van der Waals surface area contributed by atoms with Gasteiger partial charge in [-0.25, -0.2) is 0 Å². The molecule has 0 heterocycles. The molecule has 0 aliphatic heterocycles. The first-order valence-corrected chi connectivity index (χ1v) is 20.3. The summed E-state index contributed by atoms with van der Waals surface area (Å²) in [6.07, 6.45) is 6.18. The van der Waals surface area contributed by atoms with Crippen LogP contribution >= 0.6 is 22.6 Å². The second-order valence-corrected chi connectivity index (χ2v) is 20.4. The molecule has 0 radical (unpaired) electrons. The predicted octanol–water partition coefficient (Wildman–Crippen LogP) is 5.33. The maximum absolute atomic E-state index is 7.29.